The summed E-state index contributed by atoms with van der Waals surface area (Å²) in [6.07, 6.45) is 0.680. The number of nitrogens with zero attached hydrogens (tertiary/aromatic N) is 2. The second-order valence-corrected chi connectivity index (χ2v) is 3.90. The Hall–Kier alpha value is -1.58. The lowest BCUT2D eigenvalue weighted by molar-refractivity contribution is 0.533. The third-order valence-electron chi connectivity index (χ3n) is 2.69. The molecule has 1 N–H and O–H groups in total. The van der Waals surface area contributed by atoms with E-state index in [1.165, 1.54) is 6.07 Å². The monoisotopic (exact) mass is 221 g/mol. The van der Waals surface area contributed by atoms with Crippen LogP contribution in [0.15, 0.2) is 29.3 Å². The molecule has 0 amide bonds. The van der Waals surface area contributed by atoms with Crippen molar-refractivity contribution in [2.75, 3.05) is 26.7 Å². The van der Waals surface area contributed by atoms with Crippen LogP contribution in [0.25, 0.3) is 0 Å². The van der Waals surface area contributed by atoms with Gasteiger partial charge in [0, 0.05) is 20.1 Å². The van der Waals surface area contributed by atoms with E-state index in [9.17, 15) is 4.39 Å². The Kier molecular flexibility index (Phi) is 3.39. The SMILES string of the molecule is CN1CCN=C1NCCc1ccccc1F. The van der Waals surface area contributed by atoms with E-state index < -0.39 is 0 Å². The molecule has 0 unspecified atom stereocenters. The fourth-order valence-electron chi connectivity index (χ4n) is 1.73. The van der Waals surface area contributed by atoms with Crippen LogP contribution >= 0.6 is 0 Å². The van der Waals surface area contributed by atoms with Gasteiger partial charge < -0.3 is 10.2 Å². The quantitative estimate of drug-likeness (QED) is 0.832. The molecule has 1 aliphatic rings. The molecule has 1 aromatic rings. The number of nitrogens with one attached hydrogen (secondary N) is 1. The standard InChI is InChI=1S/C12H16FN3/c1-16-9-8-15-12(16)14-7-6-10-4-2-3-5-11(10)13/h2-5H,6-9H2,1H3,(H,14,15). The number of hydrogen-bond acceptors (Lipinski definition) is 3. The van der Waals surface area contributed by atoms with E-state index in [2.05, 4.69) is 15.2 Å². The van der Waals surface area contributed by atoms with Gasteiger partial charge in [0.1, 0.15) is 5.82 Å². The van der Waals surface area contributed by atoms with Crippen molar-refractivity contribution in [1.82, 2.24) is 10.2 Å². The molecule has 0 bridgehead atoms. The van der Waals surface area contributed by atoms with Gasteiger partial charge in [0.25, 0.3) is 0 Å². The first-order valence-corrected chi connectivity index (χ1v) is 5.50. The highest BCUT2D eigenvalue weighted by atomic mass is 19.1. The first kappa shape index (κ1) is 10.9. The van der Waals surface area contributed by atoms with Gasteiger partial charge in [0.15, 0.2) is 5.96 Å². The van der Waals surface area contributed by atoms with E-state index in [0.29, 0.717) is 13.0 Å². The number of guanidine groups is 1. The molecule has 0 atom stereocenters. The third-order valence-corrected chi connectivity index (χ3v) is 2.69. The number of benzene rings is 1. The zero-order valence-corrected chi connectivity index (χ0v) is 9.41. The number of rotatable bonds is 3. The van der Waals surface area contributed by atoms with Gasteiger partial charge in [0.2, 0.25) is 0 Å². The predicted octanol–water partition coefficient (Wildman–Crippen LogP) is 1.26. The number of aliphatic imine (C=N–C) groups is 1. The Morgan fingerprint density at radius 2 is 2.25 bits per heavy atom. The summed E-state index contributed by atoms with van der Waals surface area (Å²) in [5.41, 5.74) is 0.747. The first-order chi connectivity index (χ1) is 7.77. The van der Waals surface area contributed by atoms with Crippen molar-refractivity contribution in [3.63, 3.8) is 0 Å². The van der Waals surface area contributed by atoms with Gasteiger partial charge in [0.05, 0.1) is 6.54 Å². The van der Waals surface area contributed by atoms with Gasteiger partial charge in [-0.05, 0) is 18.1 Å². The average molecular weight is 221 g/mol. The van der Waals surface area contributed by atoms with Gasteiger partial charge in [-0.15, -0.1) is 0 Å². The summed E-state index contributed by atoms with van der Waals surface area (Å²) in [5.74, 6) is 0.780. The lowest BCUT2D eigenvalue weighted by Crippen LogP contribution is -2.36. The number of hydrogen-bond donors (Lipinski definition) is 1. The highest BCUT2D eigenvalue weighted by Gasteiger charge is 2.11. The van der Waals surface area contributed by atoms with Crippen molar-refractivity contribution >= 4 is 5.96 Å². The minimum Gasteiger partial charge on any atom is -0.356 e. The van der Waals surface area contributed by atoms with Gasteiger partial charge >= 0.3 is 0 Å². The van der Waals surface area contributed by atoms with E-state index in [1.807, 2.05) is 19.2 Å². The highest BCUT2D eigenvalue weighted by Crippen LogP contribution is 2.06. The maximum Gasteiger partial charge on any atom is 0.193 e. The molecule has 0 radical (unpaired) electrons. The Bertz CT molecular complexity index is 390. The van der Waals surface area contributed by atoms with Crippen molar-refractivity contribution in [2.24, 2.45) is 4.99 Å². The molecule has 3 nitrogen and oxygen atoms in total. The molecule has 0 saturated heterocycles. The zero-order chi connectivity index (χ0) is 11.4. The Balaban J connectivity index is 1.82. The topological polar surface area (TPSA) is 27.6 Å². The number of halogens is 1. The summed E-state index contributed by atoms with van der Waals surface area (Å²) in [6.45, 7) is 2.52. The summed E-state index contributed by atoms with van der Waals surface area (Å²) >= 11 is 0. The molecule has 0 fully saturated rings. The van der Waals surface area contributed by atoms with Gasteiger partial charge in [-0.25, -0.2) is 4.39 Å². The molecule has 1 heterocycles. The van der Waals surface area contributed by atoms with Crippen LogP contribution in [0.3, 0.4) is 0 Å². The smallest absolute Gasteiger partial charge is 0.193 e. The zero-order valence-electron chi connectivity index (χ0n) is 9.41. The lowest BCUT2D eigenvalue weighted by Gasteiger charge is -2.15. The minimum atomic E-state index is -0.133. The Labute approximate surface area is 95.0 Å². The third kappa shape index (κ3) is 2.51. The summed E-state index contributed by atoms with van der Waals surface area (Å²) in [4.78, 5) is 6.38. The van der Waals surface area contributed by atoms with Crippen molar-refractivity contribution < 1.29 is 4.39 Å². The Morgan fingerprint density at radius 1 is 1.44 bits per heavy atom. The van der Waals surface area contributed by atoms with Crippen molar-refractivity contribution in [3.8, 4) is 0 Å². The van der Waals surface area contributed by atoms with Crippen LogP contribution in [0.1, 0.15) is 5.56 Å². The van der Waals surface area contributed by atoms with Crippen LogP contribution < -0.4 is 5.32 Å². The van der Waals surface area contributed by atoms with E-state index in [-0.39, 0.29) is 5.82 Å². The normalized spacial score (nSPS) is 15.1. The van der Waals surface area contributed by atoms with Crippen molar-refractivity contribution in [2.45, 2.75) is 6.42 Å². The molecule has 1 aromatic carbocycles. The minimum absolute atomic E-state index is 0.133. The predicted molar refractivity (Wildman–Crippen MR) is 63.0 cm³/mol. The second kappa shape index (κ2) is 4.96. The molecule has 0 aromatic heterocycles. The summed E-state index contributed by atoms with van der Waals surface area (Å²) in [7, 11) is 2.00. The number of likely N-dealkylation sites (N-methyl/N-ethyl adjacent to an activating group) is 1. The van der Waals surface area contributed by atoms with Crippen LogP contribution in [0, 0.1) is 5.82 Å². The molecule has 16 heavy (non-hydrogen) atoms. The highest BCUT2D eigenvalue weighted by molar-refractivity contribution is 5.81. The maximum absolute atomic E-state index is 13.3. The largest absolute Gasteiger partial charge is 0.356 e. The van der Waals surface area contributed by atoms with E-state index >= 15 is 0 Å². The van der Waals surface area contributed by atoms with Gasteiger partial charge in [-0.3, -0.25) is 4.99 Å². The van der Waals surface area contributed by atoms with Gasteiger partial charge in [-0.1, -0.05) is 18.2 Å². The Morgan fingerprint density at radius 3 is 2.94 bits per heavy atom. The van der Waals surface area contributed by atoms with Crippen LogP contribution in [0.5, 0.6) is 0 Å². The summed E-state index contributed by atoms with van der Waals surface area (Å²) < 4.78 is 13.3. The van der Waals surface area contributed by atoms with Crippen molar-refractivity contribution in [3.05, 3.63) is 35.6 Å². The molecular weight excluding hydrogens is 205 g/mol. The van der Waals surface area contributed by atoms with Gasteiger partial charge in [-0.2, -0.15) is 0 Å². The van der Waals surface area contributed by atoms with Crippen LogP contribution in [-0.4, -0.2) is 37.5 Å². The molecule has 86 valence electrons. The van der Waals surface area contributed by atoms with Crippen LogP contribution in [0.2, 0.25) is 0 Å². The summed E-state index contributed by atoms with van der Waals surface area (Å²) in [5, 5.41) is 3.22. The molecule has 1 aliphatic heterocycles. The molecule has 0 saturated carbocycles. The van der Waals surface area contributed by atoms with Crippen LogP contribution in [-0.2, 0) is 6.42 Å². The molecule has 0 spiro atoms. The molecular formula is C12H16FN3. The molecule has 0 aliphatic carbocycles. The van der Waals surface area contributed by atoms with E-state index in [1.54, 1.807) is 6.07 Å². The summed E-state index contributed by atoms with van der Waals surface area (Å²) in [6, 6.07) is 6.88. The first-order valence-electron chi connectivity index (χ1n) is 5.50. The van der Waals surface area contributed by atoms with E-state index in [4.69, 9.17) is 0 Å². The fraction of sp³-hybridized carbons (Fsp3) is 0.417. The average Bonchev–Trinajstić information content (AvgIpc) is 2.67. The molecule has 4 heteroatoms. The second-order valence-electron chi connectivity index (χ2n) is 3.90. The van der Waals surface area contributed by atoms with Crippen molar-refractivity contribution in [1.29, 1.82) is 0 Å². The van der Waals surface area contributed by atoms with E-state index in [0.717, 1.165) is 24.6 Å². The van der Waals surface area contributed by atoms with Crippen LogP contribution in [0.4, 0.5) is 4.39 Å². The lowest BCUT2D eigenvalue weighted by atomic mass is 10.1. The molecule has 2 rings (SSSR count). The maximum atomic E-state index is 13.3. The fourth-order valence-corrected chi connectivity index (χ4v) is 1.73.